The van der Waals surface area contributed by atoms with Crippen molar-refractivity contribution >= 4 is 16.9 Å². The molecule has 0 unspecified atom stereocenters. The van der Waals surface area contributed by atoms with Crippen LogP contribution in [0.3, 0.4) is 0 Å². The maximum atomic E-state index is 12.6. The first-order valence-electron chi connectivity index (χ1n) is 8.34. The summed E-state index contributed by atoms with van der Waals surface area (Å²) >= 11 is 0. The van der Waals surface area contributed by atoms with Crippen molar-refractivity contribution in [2.24, 2.45) is 0 Å². The summed E-state index contributed by atoms with van der Waals surface area (Å²) in [5, 5.41) is 13.5. The molecule has 1 N–H and O–H groups in total. The molecule has 4 aromatic heterocycles. The van der Waals surface area contributed by atoms with E-state index in [4.69, 9.17) is 14.5 Å². The van der Waals surface area contributed by atoms with E-state index in [0.29, 0.717) is 34.6 Å². The lowest BCUT2D eigenvalue weighted by molar-refractivity contribution is 0.0436. The highest BCUT2D eigenvalue weighted by Crippen LogP contribution is 2.25. The van der Waals surface area contributed by atoms with Crippen LogP contribution in [0.1, 0.15) is 16.1 Å². The first-order valence-corrected chi connectivity index (χ1v) is 8.34. The molecule has 9 nitrogen and oxygen atoms in total. The molecule has 1 amide bonds. The van der Waals surface area contributed by atoms with E-state index in [9.17, 15) is 4.79 Å². The largest absolute Gasteiger partial charge is 0.467 e. The van der Waals surface area contributed by atoms with Crippen molar-refractivity contribution in [2.75, 3.05) is 6.61 Å². The van der Waals surface area contributed by atoms with E-state index >= 15 is 0 Å². The van der Waals surface area contributed by atoms with E-state index in [-0.39, 0.29) is 6.61 Å². The fourth-order valence-corrected chi connectivity index (χ4v) is 2.75. The normalized spacial score (nSPS) is 10.7. The van der Waals surface area contributed by atoms with Crippen LogP contribution in [0.15, 0.2) is 59.6 Å². The minimum atomic E-state index is -0.495. The fraction of sp³-hybridized carbons (Fsp3) is 0.105. The number of carbonyl (C=O) groups is 1. The van der Waals surface area contributed by atoms with Gasteiger partial charge < -0.3 is 4.42 Å². The monoisotopic (exact) mass is 374 g/mol. The van der Waals surface area contributed by atoms with Crippen molar-refractivity contribution in [1.82, 2.24) is 25.2 Å². The van der Waals surface area contributed by atoms with Gasteiger partial charge in [-0.15, -0.1) is 0 Å². The zero-order valence-corrected chi connectivity index (χ0v) is 14.6. The lowest BCUT2D eigenvalue weighted by Gasteiger charge is -2.08. The standard InChI is InChI=1S/C19H14N6O3/c20-5-8-28-24-19(26)15-9-17(13-3-1-6-21-10-13)23-18-16(15)11-22-25(18)12-14-4-2-7-27-14/h1-4,6-7,9-11H,8,12H2,(H,24,26). The Bertz CT molecular complexity index is 1150. The Morgan fingerprint density at radius 3 is 3.00 bits per heavy atom. The summed E-state index contributed by atoms with van der Waals surface area (Å²) in [5.41, 5.74) is 4.42. The molecule has 4 rings (SSSR count). The van der Waals surface area contributed by atoms with Gasteiger partial charge >= 0.3 is 0 Å². The number of carbonyl (C=O) groups excluding carboxylic acids is 1. The molecule has 0 atom stereocenters. The second kappa shape index (κ2) is 7.69. The molecule has 0 bridgehead atoms. The summed E-state index contributed by atoms with van der Waals surface area (Å²) in [4.78, 5) is 26.2. The zero-order chi connectivity index (χ0) is 19.3. The van der Waals surface area contributed by atoms with Gasteiger partial charge in [-0.25, -0.2) is 15.1 Å². The molecular weight excluding hydrogens is 360 g/mol. The number of rotatable bonds is 6. The molecule has 4 heterocycles. The van der Waals surface area contributed by atoms with Gasteiger partial charge in [0.15, 0.2) is 12.3 Å². The smallest absolute Gasteiger partial charge is 0.275 e. The van der Waals surface area contributed by atoms with Crippen LogP contribution in [-0.4, -0.2) is 32.3 Å². The van der Waals surface area contributed by atoms with E-state index in [1.54, 1.807) is 53.8 Å². The molecule has 0 aliphatic heterocycles. The number of amides is 1. The van der Waals surface area contributed by atoms with Gasteiger partial charge in [-0.2, -0.15) is 10.4 Å². The fourth-order valence-electron chi connectivity index (χ4n) is 2.75. The number of nitrogens with zero attached hydrogens (tertiary/aromatic N) is 5. The van der Waals surface area contributed by atoms with Crippen LogP contribution in [-0.2, 0) is 11.4 Å². The van der Waals surface area contributed by atoms with E-state index in [1.165, 1.54) is 0 Å². The average Bonchev–Trinajstić information content (AvgIpc) is 3.39. The van der Waals surface area contributed by atoms with Gasteiger partial charge in [-0.05, 0) is 30.3 Å². The molecule has 0 aliphatic rings. The molecule has 4 aromatic rings. The minimum Gasteiger partial charge on any atom is -0.467 e. The summed E-state index contributed by atoms with van der Waals surface area (Å²) in [6.07, 6.45) is 6.47. The Labute approximate surface area is 159 Å². The molecule has 0 saturated heterocycles. The lowest BCUT2D eigenvalue weighted by atomic mass is 10.1. The summed E-state index contributed by atoms with van der Waals surface area (Å²) in [6, 6.07) is 10.7. The van der Waals surface area contributed by atoms with Crippen LogP contribution in [0.2, 0.25) is 0 Å². The number of nitriles is 1. The second-order valence-electron chi connectivity index (χ2n) is 5.79. The highest BCUT2D eigenvalue weighted by molar-refractivity contribution is 6.06. The van der Waals surface area contributed by atoms with Gasteiger partial charge in [-0.3, -0.25) is 14.6 Å². The summed E-state index contributed by atoms with van der Waals surface area (Å²) in [6.45, 7) is 0.110. The predicted octanol–water partition coefficient (Wildman–Crippen LogP) is 2.32. The van der Waals surface area contributed by atoms with Crippen molar-refractivity contribution in [2.45, 2.75) is 6.54 Å². The molecule has 138 valence electrons. The molecule has 0 aromatic carbocycles. The van der Waals surface area contributed by atoms with Gasteiger partial charge in [0.1, 0.15) is 12.3 Å². The van der Waals surface area contributed by atoms with Crippen molar-refractivity contribution in [1.29, 1.82) is 5.26 Å². The maximum absolute atomic E-state index is 12.6. The molecule has 0 spiro atoms. The minimum absolute atomic E-state index is 0.257. The molecule has 0 fully saturated rings. The van der Waals surface area contributed by atoms with Crippen LogP contribution >= 0.6 is 0 Å². The highest BCUT2D eigenvalue weighted by atomic mass is 16.6. The highest BCUT2D eigenvalue weighted by Gasteiger charge is 2.18. The molecule has 0 aliphatic carbocycles. The Morgan fingerprint density at radius 2 is 2.25 bits per heavy atom. The second-order valence-corrected chi connectivity index (χ2v) is 5.79. The third kappa shape index (κ3) is 3.44. The zero-order valence-electron chi connectivity index (χ0n) is 14.6. The quantitative estimate of drug-likeness (QED) is 0.406. The number of hydrogen-bond donors (Lipinski definition) is 1. The SMILES string of the molecule is N#CCONC(=O)c1cc(-c2cccnc2)nc2c1cnn2Cc1ccco1. The van der Waals surface area contributed by atoms with E-state index < -0.39 is 5.91 Å². The molecule has 9 heteroatoms. The van der Waals surface area contributed by atoms with Crippen LogP contribution < -0.4 is 5.48 Å². The van der Waals surface area contributed by atoms with Crippen LogP contribution in [0.5, 0.6) is 0 Å². The van der Waals surface area contributed by atoms with E-state index in [1.807, 2.05) is 12.1 Å². The van der Waals surface area contributed by atoms with Crippen LogP contribution in [0.25, 0.3) is 22.3 Å². The van der Waals surface area contributed by atoms with Gasteiger partial charge in [-0.1, -0.05) is 0 Å². The summed E-state index contributed by atoms with van der Waals surface area (Å²) < 4.78 is 7.04. The van der Waals surface area contributed by atoms with E-state index in [2.05, 4.69) is 20.5 Å². The Kier molecular flexibility index (Phi) is 4.78. The molecular formula is C19H14N6O3. The Balaban J connectivity index is 1.81. The number of hydroxylamine groups is 1. The Morgan fingerprint density at radius 1 is 1.32 bits per heavy atom. The summed E-state index contributed by atoms with van der Waals surface area (Å²) in [7, 11) is 0. The molecule has 0 saturated carbocycles. The van der Waals surface area contributed by atoms with Crippen LogP contribution in [0.4, 0.5) is 0 Å². The average molecular weight is 374 g/mol. The van der Waals surface area contributed by atoms with Crippen molar-refractivity contribution in [3.63, 3.8) is 0 Å². The lowest BCUT2D eigenvalue weighted by Crippen LogP contribution is -2.24. The Hall–Kier alpha value is -4.03. The summed E-state index contributed by atoms with van der Waals surface area (Å²) in [5.74, 6) is 0.215. The van der Waals surface area contributed by atoms with E-state index in [0.717, 1.165) is 5.56 Å². The number of pyridine rings is 2. The van der Waals surface area contributed by atoms with Crippen molar-refractivity contribution in [3.05, 3.63) is 66.5 Å². The number of furan rings is 1. The van der Waals surface area contributed by atoms with Gasteiger partial charge in [0, 0.05) is 18.0 Å². The van der Waals surface area contributed by atoms with Crippen LogP contribution in [0, 0.1) is 11.3 Å². The van der Waals surface area contributed by atoms with Gasteiger partial charge in [0.05, 0.1) is 35.2 Å². The van der Waals surface area contributed by atoms with Gasteiger partial charge in [0.2, 0.25) is 0 Å². The maximum Gasteiger partial charge on any atom is 0.275 e. The third-order valence-electron chi connectivity index (χ3n) is 4.00. The molecule has 0 radical (unpaired) electrons. The number of nitrogens with one attached hydrogen (secondary N) is 1. The number of hydrogen-bond acceptors (Lipinski definition) is 7. The predicted molar refractivity (Wildman–Crippen MR) is 97.6 cm³/mol. The third-order valence-corrected chi connectivity index (χ3v) is 4.00. The number of fused-ring (bicyclic) bond motifs is 1. The topological polar surface area (TPSA) is 119 Å². The number of aromatic nitrogens is 4. The first-order chi connectivity index (χ1) is 13.8. The molecule has 28 heavy (non-hydrogen) atoms. The van der Waals surface area contributed by atoms with Gasteiger partial charge in [0.25, 0.3) is 5.91 Å². The van der Waals surface area contributed by atoms with Crippen molar-refractivity contribution in [3.8, 4) is 17.3 Å². The van der Waals surface area contributed by atoms with Crippen molar-refractivity contribution < 1.29 is 14.0 Å². The first kappa shape index (κ1) is 17.4.